The fourth-order valence-electron chi connectivity index (χ4n) is 1.78. The molecule has 1 aliphatic carbocycles. The van der Waals surface area contributed by atoms with E-state index in [-0.39, 0.29) is 29.2 Å². The minimum absolute atomic E-state index is 0.0451. The number of esters is 1. The smallest absolute Gasteiger partial charge is 0.303 e. The highest BCUT2D eigenvalue weighted by molar-refractivity contribution is 5.95. The lowest BCUT2D eigenvalue weighted by molar-refractivity contribution is -0.149. The number of allylic oxidation sites excluding steroid dienone is 1. The number of hydrogen-bond donors (Lipinski definition) is 0. The molecule has 0 heterocycles. The van der Waals surface area contributed by atoms with Crippen LogP contribution in [0.4, 0.5) is 0 Å². The third kappa shape index (κ3) is 2.22. The van der Waals surface area contributed by atoms with Crippen molar-refractivity contribution in [1.29, 1.82) is 0 Å². The Labute approximate surface area is 84.1 Å². The van der Waals surface area contributed by atoms with Gasteiger partial charge in [-0.05, 0) is 17.6 Å². The number of hydrogen-bond acceptors (Lipinski definition) is 3. The van der Waals surface area contributed by atoms with Gasteiger partial charge in [0.1, 0.15) is 6.10 Å². The lowest BCUT2D eigenvalue weighted by Gasteiger charge is -2.30. The highest BCUT2D eigenvalue weighted by Gasteiger charge is 2.40. The summed E-state index contributed by atoms with van der Waals surface area (Å²) in [4.78, 5) is 22.3. The molecule has 0 spiro atoms. The normalized spacial score (nSPS) is 26.7. The molecule has 0 aromatic heterocycles. The third-order valence-corrected chi connectivity index (χ3v) is 2.32. The Morgan fingerprint density at radius 1 is 1.43 bits per heavy atom. The first-order valence-electron chi connectivity index (χ1n) is 4.71. The van der Waals surface area contributed by atoms with Crippen LogP contribution in [0.25, 0.3) is 0 Å². The first kappa shape index (κ1) is 11.0. The van der Waals surface area contributed by atoms with Gasteiger partial charge in [-0.15, -0.1) is 0 Å². The molecule has 3 heteroatoms. The molecule has 2 atom stereocenters. The van der Waals surface area contributed by atoms with Gasteiger partial charge in [-0.1, -0.05) is 20.8 Å². The molecular formula is C11H16O3. The number of ketones is 1. The molecule has 0 amide bonds. The van der Waals surface area contributed by atoms with Crippen LogP contribution in [-0.2, 0) is 14.3 Å². The maximum Gasteiger partial charge on any atom is 0.303 e. The number of carbonyl (C=O) groups is 2. The van der Waals surface area contributed by atoms with Crippen molar-refractivity contribution >= 4 is 11.8 Å². The van der Waals surface area contributed by atoms with Crippen LogP contribution in [0.5, 0.6) is 0 Å². The average Bonchev–Trinajstić information content (AvgIpc) is 2.28. The predicted molar refractivity (Wildman–Crippen MR) is 52.6 cm³/mol. The zero-order valence-electron chi connectivity index (χ0n) is 9.03. The van der Waals surface area contributed by atoms with Gasteiger partial charge >= 0.3 is 5.97 Å². The van der Waals surface area contributed by atoms with Crippen molar-refractivity contribution in [3.8, 4) is 0 Å². The summed E-state index contributed by atoms with van der Waals surface area (Å²) in [5.41, 5.74) is -0.180. The Morgan fingerprint density at radius 3 is 2.43 bits per heavy atom. The summed E-state index contributed by atoms with van der Waals surface area (Å²) in [7, 11) is 0. The number of rotatable bonds is 1. The maximum absolute atomic E-state index is 11.5. The zero-order chi connectivity index (χ0) is 10.9. The molecule has 0 saturated carbocycles. The second kappa shape index (κ2) is 3.56. The van der Waals surface area contributed by atoms with Gasteiger partial charge in [-0.25, -0.2) is 0 Å². The molecule has 0 bridgehead atoms. The standard InChI is InChI=1S/C11H16O3/c1-7(12)14-9-6-5-8(13)10(9)11(2,3)4/h5-6,9-10H,1-4H3/t9-,10-/m0/s1. The Morgan fingerprint density at radius 2 is 2.00 bits per heavy atom. The molecule has 14 heavy (non-hydrogen) atoms. The fourth-order valence-corrected chi connectivity index (χ4v) is 1.78. The van der Waals surface area contributed by atoms with E-state index in [2.05, 4.69) is 0 Å². The van der Waals surface area contributed by atoms with Crippen LogP contribution in [-0.4, -0.2) is 17.9 Å². The van der Waals surface area contributed by atoms with Crippen molar-refractivity contribution in [2.75, 3.05) is 0 Å². The van der Waals surface area contributed by atoms with Crippen molar-refractivity contribution < 1.29 is 14.3 Å². The highest BCUT2D eigenvalue weighted by atomic mass is 16.5. The van der Waals surface area contributed by atoms with Crippen LogP contribution >= 0.6 is 0 Å². The van der Waals surface area contributed by atoms with E-state index in [1.807, 2.05) is 20.8 Å². The van der Waals surface area contributed by atoms with Crippen LogP contribution in [0.15, 0.2) is 12.2 Å². The highest BCUT2D eigenvalue weighted by Crippen LogP contribution is 2.35. The number of carbonyl (C=O) groups excluding carboxylic acids is 2. The van der Waals surface area contributed by atoms with E-state index in [0.29, 0.717) is 0 Å². The minimum Gasteiger partial charge on any atom is -0.457 e. The van der Waals surface area contributed by atoms with E-state index in [9.17, 15) is 9.59 Å². The summed E-state index contributed by atoms with van der Waals surface area (Å²) in [5.74, 6) is -0.543. The third-order valence-electron chi connectivity index (χ3n) is 2.32. The van der Waals surface area contributed by atoms with Gasteiger partial charge in [0.15, 0.2) is 5.78 Å². The van der Waals surface area contributed by atoms with E-state index in [4.69, 9.17) is 4.74 Å². The quantitative estimate of drug-likeness (QED) is 0.600. The Hall–Kier alpha value is -1.12. The van der Waals surface area contributed by atoms with Crippen molar-refractivity contribution in [2.45, 2.75) is 33.8 Å². The summed E-state index contributed by atoms with van der Waals surface area (Å²) in [6, 6.07) is 0. The SMILES string of the molecule is CC(=O)O[C@H]1C=CC(=O)[C@@H]1C(C)(C)C. The van der Waals surface area contributed by atoms with Gasteiger partial charge in [-0.2, -0.15) is 0 Å². The van der Waals surface area contributed by atoms with Crippen LogP contribution in [0.3, 0.4) is 0 Å². The van der Waals surface area contributed by atoms with E-state index in [1.54, 1.807) is 6.08 Å². The predicted octanol–water partition coefficient (Wildman–Crippen LogP) is 1.72. The van der Waals surface area contributed by atoms with Crippen molar-refractivity contribution in [2.24, 2.45) is 11.3 Å². The Balaban J connectivity index is 2.81. The van der Waals surface area contributed by atoms with Crippen molar-refractivity contribution in [1.82, 2.24) is 0 Å². The van der Waals surface area contributed by atoms with Gasteiger partial charge in [0.2, 0.25) is 0 Å². The van der Waals surface area contributed by atoms with E-state index in [0.717, 1.165) is 0 Å². The Kier molecular flexibility index (Phi) is 2.79. The lowest BCUT2D eigenvalue weighted by atomic mass is 9.77. The zero-order valence-corrected chi connectivity index (χ0v) is 9.03. The second-order valence-electron chi connectivity index (χ2n) is 4.68. The second-order valence-corrected chi connectivity index (χ2v) is 4.68. The molecular weight excluding hydrogens is 180 g/mol. The molecule has 1 rings (SSSR count). The van der Waals surface area contributed by atoms with E-state index >= 15 is 0 Å². The maximum atomic E-state index is 11.5. The monoisotopic (exact) mass is 196 g/mol. The van der Waals surface area contributed by atoms with Gasteiger partial charge in [0, 0.05) is 6.92 Å². The molecule has 0 radical (unpaired) electrons. The van der Waals surface area contributed by atoms with Crippen LogP contribution in [0, 0.1) is 11.3 Å². The summed E-state index contributed by atoms with van der Waals surface area (Å²) >= 11 is 0. The van der Waals surface area contributed by atoms with Crippen LogP contribution < -0.4 is 0 Å². The van der Waals surface area contributed by atoms with Crippen molar-refractivity contribution in [3.05, 3.63) is 12.2 Å². The molecule has 0 N–H and O–H groups in total. The molecule has 0 unspecified atom stereocenters. The topological polar surface area (TPSA) is 43.4 Å². The van der Waals surface area contributed by atoms with Crippen LogP contribution in [0.2, 0.25) is 0 Å². The van der Waals surface area contributed by atoms with E-state index < -0.39 is 0 Å². The first-order valence-corrected chi connectivity index (χ1v) is 4.71. The van der Waals surface area contributed by atoms with Gasteiger partial charge < -0.3 is 4.74 Å². The lowest BCUT2D eigenvalue weighted by Crippen LogP contribution is -2.35. The van der Waals surface area contributed by atoms with Crippen LogP contribution in [0.1, 0.15) is 27.7 Å². The Bertz CT molecular complexity index is 283. The molecule has 3 nitrogen and oxygen atoms in total. The van der Waals surface area contributed by atoms with Gasteiger partial charge in [0.25, 0.3) is 0 Å². The first-order chi connectivity index (χ1) is 6.32. The molecule has 0 fully saturated rings. The van der Waals surface area contributed by atoms with E-state index in [1.165, 1.54) is 13.0 Å². The molecule has 0 aliphatic heterocycles. The molecule has 0 saturated heterocycles. The summed E-state index contributed by atoms with van der Waals surface area (Å²) in [6.07, 6.45) is 2.78. The minimum atomic E-state index is -0.389. The fraction of sp³-hybridized carbons (Fsp3) is 0.636. The summed E-state index contributed by atoms with van der Waals surface area (Å²) in [6.45, 7) is 7.27. The van der Waals surface area contributed by atoms with Gasteiger partial charge in [-0.3, -0.25) is 9.59 Å². The molecule has 0 aromatic rings. The molecule has 1 aliphatic rings. The summed E-state index contributed by atoms with van der Waals surface area (Å²) in [5, 5.41) is 0. The largest absolute Gasteiger partial charge is 0.457 e. The average molecular weight is 196 g/mol. The van der Waals surface area contributed by atoms with Gasteiger partial charge in [0.05, 0.1) is 5.92 Å². The molecule has 0 aromatic carbocycles. The van der Waals surface area contributed by atoms with Crippen molar-refractivity contribution in [3.63, 3.8) is 0 Å². The number of ether oxygens (including phenoxy) is 1. The molecule has 78 valence electrons. The summed E-state index contributed by atoms with van der Waals surface area (Å²) < 4.78 is 5.07.